The Bertz CT molecular complexity index is 480. The Morgan fingerprint density at radius 1 is 1.38 bits per heavy atom. The van der Waals surface area contributed by atoms with E-state index in [1.54, 1.807) is 12.0 Å². The average molecular weight is 357 g/mol. The molecule has 0 fully saturated rings. The van der Waals surface area contributed by atoms with Crippen molar-refractivity contribution >= 4 is 33.4 Å². The lowest BCUT2D eigenvalue weighted by molar-refractivity contribution is -0.121. The number of hydrogen-bond donors (Lipinski definition) is 1. The maximum Gasteiger partial charge on any atom is 0.223 e. The monoisotopic (exact) mass is 356 g/mol. The minimum atomic E-state index is -0.0831. The maximum absolute atomic E-state index is 11.7. The van der Waals surface area contributed by atoms with Crippen LogP contribution >= 0.6 is 15.9 Å². The summed E-state index contributed by atoms with van der Waals surface area (Å²) in [6.45, 7) is 3.07. The molecule has 1 aromatic carbocycles. The molecule has 116 valence electrons. The molecule has 5 nitrogen and oxygen atoms in total. The van der Waals surface area contributed by atoms with Gasteiger partial charge >= 0.3 is 0 Å². The van der Waals surface area contributed by atoms with E-state index >= 15 is 0 Å². The summed E-state index contributed by atoms with van der Waals surface area (Å²) < 4.78 is 5.81. The summed E-state index contributed by atoms with van der Waals surface area (Å²) in [5.74, 6) is -0.146. The number of anilines is 1. The SMILES string of the molecule is COCCCNC(=O)CCN(C(C)=O)c1cccc(Br)c1. The summed E-state index contributed by atoms with van der Waals surface area (Å²) in [5, 5.41) is 2.81. The third kappa shape index (κ3) is 6.73. The Balaban J connectivity index is 2.49. The molecule has 1 rings (SSSR count). The van der Waals surface area contributed by atoms with E-state index in [2.05, 4.69) is 21.2 Å². The highest BCUT2D eigenvalue weighted by Gasteiger charge is 2.13. The minimum Gasteiger partial charge on any atom is -0.385 e. The predicted octanol–water partition coefficient (Wildman–Crippen LogP) is 2.34. The number of hydrogen-bond acceptors (Lipinski definition) is 3. The number of benzene rings is 1. The second-order valence-electron chi connectivity index (χ2n) is 4.60. The summed E-state index contributed by atoms with van der Waals surface area (Å²) >= 11 is 3.38. The molecular formula is C15H21BrN2O3. The number of ether oxygens (including phenoxy) is 1. The van der Waals surface area contributed by atoms with Gasteiger partial charge < -0.3 is 15.0 Å². The van der Waals surface area contributed by atoms with Crippen LogP contribution in [0.5, 0.6) is 0 Å². The Hall–Kier alpha value is -1.40. The summed E-state index contributed by atoms with van der Waals surface area (Å²) in [5.41, 5.74) is 0.782. The fourth-order valence-electron chi connectivity index (χ4n) is 1.86. The Labute approximate surface area is 133 Å². The molecule has 0 unspecified atom stereocenters. The molecule has 0 atom stereocenters. The molecule has 2 amide bonds. The standard InChI is InChI=1S/C15H21BrN2O3/c1-12(19)18(14-6-3-5-13(16)11-14)9-7-15(20)17-8-4-10-21-2/h3,5-6,11H,4,7-10H2,1-2H3,(H,17,20). The van der Waals surface area contributed by atoms with Gasteiger partial charge in [0.1, 0.15) is 0 Å². The minimum absolute atomic E-state index is 0.0626. The highest BCUT2D eigenvalue weighted by molar-refractivity contribution is 9.10. The van der Waals surface area contributed by atoms with Crippen molar-refractivity contribution in [2.45, 2.75) is 19.8 Å². The van der Waals surface area contributed by atoms with Crippen LogP contribution in [0.1, 0.15) is 19.8 Å². The van der Waals surface area contributed by atoms with Gasteiger partial charge in [0.2, 0.25) is 11.8 Å². The van der Waals surface area contributed by atoms with Gasteiger partial charge in [0, 0.05) is 50.3 Å². The number of carbonyl (C=O) groups is 2. The van der Waals surface area contributed by atoms with Gasteiger partial charge in [-0.2, -0.15) is 0 Å². The quantitative estimate of drug-likeness (QED) is 0.727. The van der Waals surface area contributed by atoms with Gasteiger partial charge in [0.25, 0.3) is 0 Å². The smallest absolute Gasteiger partial charge is 0.223 e. The first kappa shape index (κ1) is 17.7. The van der Waals surface area contributed by atoms with E-state index in [-0.39, 0.29) is 18.2 Å². The van der Waals surface area contributed by atoms with Gasteiger partial charge in [0.15, 0.2) is 0 Å². The van der Waals surface area contributed by atoms with Gasteiger partial charge in [-0.05, 0) is 24.6 Å². The predicted molar refractivity (Wildman–Crippen MR) is 86.3 cm³/mol. The summed E-state index contributed by atoms with van der Waals surface area (Å²) in [4.78, 5) is 25.1. The van der Waals surface area contributed by atoms with Crippen LogP contribution in [0.15, 0.2) is 28.7 Å². The van der Waals surface area contributed by atoms with E-state index in [9.17, 15) is 9.59 Å². The zero-order chi connectivity index (χ0) is 15.7. The first-order valence-electron chi connectivity index (χ1n) is 6.84. The average Bonchev–Trinajstić information content (AvgIpc) is 2.43. The summed E-state index contributed by atoms with van der Waals surface area (Å²) in [7, 11) is 1.63. The fourth-order valence-corrected chi connectivity index (χ4v) is 2.25. The van der Waals surface area contributed by atoms with Gasteiger partial charge in [-0.3, -0.25) is 9.59 Å². The van der Waals surface area contributed by atoms with E-state index < -0.39 is 0 Å². The number of carbonyl (C=O) groups excluding carboxylic acids is 2. The molecule has 0 aliphatic rings. The van der Waals surface area contributed by atoms with Crippen molar-refractivity contribution in [1.29, 1.82) is 0 Å². The van der Waals surface area contributed by atoms with E-state index in [0.717, 1.165) is 16.6 Å². The molecule has 1 N–H and O–H groups in total. The lowest BCUT2D eigenvalue weighted by Crippen LogP contribution is -2.34. The molecule has 21 heavy (non-hydrogen) atoms. The van der Waals surface area contributed by atoms with Crippen LogP contribution in [0.2, 0.25) is 0 Å². The topological polar surface area (TPSA) is 58.6 Å². The first-order valence-corrected chi connectivity index (χ1v) is 7.63. The third-order valence-corrected chi connectivity index (χ3v) is 3.40. The van der Waals surface area contributed by atoms with Crippen molar-refractivity contribution in [2.24, 2.45) is 0 Å². The summed E-state index contributed by atoms with van der Waals surface area (Å²) in [6, 6.07) is 7.46. The van der Waals surface area contributed by atoms with Gasteiger partial charge in [-0.1, -0.05) is 22.0 Å². The summed E-state index contributed by atoms with van der Waals surface area (Å²) in [6.07, 6.45) is 1.06. The Morgan fingerprint density at radius 2 is 2.14 bits per heavy atom. The molecule has 6 heteroatoms. The van der Waals surface area contributed by atoms with Crippen LogP contribution in [0.3, 0.4) is 0 Å². The number of halogens is 1. The third-order valence-electron chi connectivity index (χ3n) is 2.91. The van der Waals surface area contributed by atoms with Crippen molar-refractivity contribution in [3.8, 4) is 0 Å². The molecule has 1 aromatic rings. The molecule has 0 bridgehead atoms. The number of methoxy groups -OCH3 is 1. The highest BCUT2D eigenvalue weighted by atomic mass is 79.9. The van der Waals surface area contributed by atoms with Crippen LogP contribution in [-0.4, -0.2) is 38.6 Å². The molecule has 0 heterocycles. The van der Waals surface area contributed by atoms with Crippen LogP contribution < -0.4 is 10.2 Å². The zero-order valence-corrected chi connectivity index (χ0v) is 14.0. The van der Waals surface area contributed by atoms with Gasteiger partial charge in [-0.25, -0.2) is 0 Å². The molecule has 0 spiro atoms. The second kappa shape index (κ2) is 9.52. The normalized spacial score (nSPS) is 10.2. The molecule has 0 radical (unpaired) electrons. The van der Waals surface area contributed by atoms with E-state index in [1.807, 2.05) is 24.3 Å². The van der Waals surface area contributed by atoms with Crippen LogP contribution in [0, 0.1) is 0 Å². The van der Waals surface area contributed by atoms with Crippen LogP contribution in [0.4, 0.5) is 5.69 Å². The van der Waals surface area contributed by atoms with Crippen molar-refractivity contribution < 1.29 is 14.3 Å². The molecule has 0 aliphatic carbocycles. The molecule has 0 saturated heterocycles. The second-order valence-corrected chi connectivity index (χ2v) is 5.51. The lowest BCUT2D eigenvalue weighted by Gasteiger charge is -2.21. The van der Waals surface area contributed by atoms with Crippen molar-refractivity contribution in [2.75, 3.05) is 31.7 Å². The molecule has 0 aromatic heterocycles. The van der Waals surface area contributed by atoms with Crippen LogP contribution in [0.25, 0.3) is 0 Å². The largest absolute Gasteiger partial charge is 0.385 e. The van der Waals surface area contributed by atoms with E-state index in [4.69, 9.17) is 4.74 Å². The molecule has 0 saturated carbocycles. The van der Waals surface area contributed by atoms with Crippen molar-refractivity contribution in [3.05, 3.63) is 28.7 Å². The first-order chi connectivity index (χ1) is 10.0. The van der Waals surface area contributed by atoms with Crippen LogP contribution in [-0.2, 0) is 14.3 Å². The van der Waals surface area contributed by atoms with Gasteiger partial charge in [-0.15, -0.1) is 0 Å². The highest BCUT2D eigenvalue weighted by Crippen LogP contribution is 2.20. The fraction of sp³-hybridized carbons (Fsp3) is 0.467. The number of rotatable bonds is 8. The van der Waals surface area contributed by atoms with E-state index in [0.29, 0.717) is 19.7 Å². The van der Waals surface area contributed by atoms with Gasteiger partial charge in [0.05, 0.1) is 0 Å². The lowest BCUT2D eigenvalue weighted by atomic mass is 10.2. The number of amides is 2. The van der Waals surface area contributed by atoms with Crippen molar-refractivity contribution in [1.82, 2.24) is 5.32 Å². The zero-order valence-electron chi connectivity index (χ0n) is 12.4. The number of nitrogens with one attached hydrogen (secondary N) is 1. The molecular weight excluding hydrogens is 336 g/mol. The van der Waals surface area contributed by atoms with E-state index in [1.165, 1.54) is 6.92 Å². The Morgan fingerprint density at radius 3 is 2.76 bits per heavy atom. The Kier molecular flexibility index (Phi) is 8.00. The number of nitrogens with zero attached hydrogens (tertiary/aromatic N) is 1. The van der Waals surface area contributed by atoms with Crippen molar-refractivity contribution in [3.63, 3.8) is 0 Å². The molecule has 0 aliphatic heterocycles. The maximum atomic E-state index is 11.7.